The summed E-state index contributed by atoms with van der Waals surface area (Å²) in [6.07, 6.45) is 9.78. The van der Waals surface area contributed by atoms with Crippen molar-refractivity contribution in [3.05, 3.63) is 67.1 Å². The molecule has 0 aliphatic carbocycles. The van der Waals surface area contributed by atoms with E-state index in [0.717, 1.165) is 35.9 Å². The molecule has 4 heterocycles. The van der Waals surface area contributed by atoms with Crippen molar-refractivity contribution in [1.82, 2.24) is 19.4 Å². The van der Waals surface area contributed by atoms with Crippen LogP contribution >= 0.6 is 0 Å². The summed E-state index contributed by atoms with van der Waals surface area (Å²) in [5.74, 6) is 3.32. The second-order valence-electron chi connectivity index (χ2n) is 9.08. The standard InChI is InChI=1S/C25H28N6O2S/c1-18-13-19(29-34(2,3)32)16-30(15-18)24-11-12-26-25(28-24)22-14-27-23-10-9-21(17-31(22)23)33-20-7-5-4-6-8-20/h4-12,14,17-19H,13,15-16H2,1-3H3/t18-,19+/m1/s1. The highest BCUT2D eigenvalue weighted by Gasteiger charge is 2.26. The lowest BCUT2D eigenvalue weighted by molar-refractivity contribution is 0.402. The average Bonchev–Trinajstić information content (AvgIpc) is 3.22. The predicted octanol–water partition coefficient (Wildman–Crippen LogP) is 4.53. The number of piperidine rings is 1. The van der Waals surface area contributed by atoms with E-state index in [1.165, 1.54) is 0 Å². The number of rotatable bonds is 5. The van der Waals surface area contributed by atoms with Gasteiger partial charge in [-0.3, -0.25) is 8.61 Å². The van der Waals surface area contributed by atoms with E-state index in [1.807, 2.05) is 59.1 Å². The molecule has 1 fully saturated rings. The van der Waals surface area contributed by atoms with Gasteiger partial charge in [0.05, 0.1) is 18.4 Å². The second kappa shape index (κ2) is 9.06. The number of aromatic nitrogens is 4. The Morgan fingerprint density at radius 2 is 1.85 bits per heavy atom. The Bertz CT molecular complexity index is 1420. The zero-order valence-electron chi connectivity index (χ0n) is 19.5. The van der Waals surface area contributed by atoms with E-state index in [-0.39, 0.29) is 6.04 Å². The van der Waals surface area contributed by atoms with Crippen LogP contribution in [0.2, 0.25) is 0 Å². The summed E-state index contributed by atoms with van der Waals surface area (Å²) in [6.45, 7) is 3.77. The van der Waals surface area contributed by atoms with E-state index in [2.05, 4.69) is 26.2 Å². The van der Waals surface area contributed by atoms with E-state index < -0.39 is 9.73 Å². The van der Waals surface area contributed by atoms with Crippen molar-refractivity contribution >= 4 is 21.2 Å². The van der Waals surface area contributed by atoms with Gasteiger partial charge in [0.2, 0.25) is 0 Å². The van der Waals surface area contributed by atoms with Crippen LogP contribution in [-0.2, 0) is 9.73 Å². The summed E-state index contributed by atoms with van der Waals surface area (Å²) >= 11 is 0. The average molecular weight is 477 g/mol. The first kappa shape index (κ1) is 22.3. The molecule has 0 radical (unpaired) electrons. The van der Waals surface area contributed by atoms with Crippen molar-refractivity contribution in [3.63, 3.8) is 0 Å². The molecule has 0 saturated carbocycles. The molecule has 3 aromatic heterocycles. The predicted molar refractivity (Wildman–Crippen MR) is 135 cm³/mol. The van der Waals surface area contributed by atoms with E-state index in [4.69, 9.17) is 9.72 Å². The highest BCUT2D eigenvalue weighted by Crippen LogP contribution is 2.27. The molecule has 0 bridgehead atoms. The molecule has 1 aromatic carbocycles. The van der Waals surface area contributed by atoms with Gasteiger partial charge >= 0.3 is 0 Å². The summed E-state index contributed by atoms with van der Waals surface area (Å²) in [5, 5.41) is 0. The topological polar surface area (TPSA) is 85.0 Å². The highest BCUT2D eigenvalue weighted by molar-refractivity contribution is 7.92. The quantitative estimate of drug-likeness (QED) is 0.421. The molecule has 0 amide bonds. The summed E-state index contributed by atoms with van der Waals surface area (Å²) in [6, 6.07) is 15.4. The Balaban J connectivity index is 1.45. The number of anilines is 1. The largest absolute Gasteiger partial charge is 0.456 e. The molecular formula is C25H28N6O2S. The number of benzene rings is 1. The van der Waals surface area contributed by atoms with Gasteiger partial charge in [0.25, 0.3) is 0 Å². The van der Waals surface area contributed by atoms with Crippen molar-refractivity contribution in [2.45, 2.75) is 19.4 Å². The van der Waals surface area contributed by atoms with Crippen molar-refractivity contribution in [2.75, 3.05) is 30.5 Å². The van der Waals surface area contributed by atoms with Crippen LogP contribution in [0.1, 0.15) is 13.3 Å². The Morgan fingerprint density at radius 1 is 1.03 bits per heavy atom. The molecule has 1 aliphatic heterocycles. The third kappa shape index (κ3) is 5.04. The van der Waals surface area contributed by atoms with Gasteiger partial charge in [0.1, 0.15) is 28.7 Å². The van der Waals surface area contributed by atoms with Crippen LogP contribution in [0.15, 0.2) is 71.5 Å². The number of para-hydroxylation sites is 1. The van der Waals surface area contributed by atoms with Crippen molar-refractivity contribution in [1.29, 1.82) is 0 Å². The Kier molecular flexibility index (Phi) is 5.95. The van der Waals surface area contributed by atoms with Gasteiger partial charge in [-0.1, -0.05) is 25.1 Å². The van der Waals surface area contributed by atoms with Gasteiger partial charge in [-0.2, -0.15) is 0 Å². The first-order valence-electron chi connectivity index (χ1n) is 11.3. The van der Waals surface area contributed by atoms with Crippen molar-refractivity contribution in [3.8, 4) is 23.0 Å². The minimum atomic E-state index is -2.16. The molecule has 8 nitrogen and oxygen atoms in total. The molecule has 4 aromatic rings. The molecular weight excluding hydrogens is 448 g/mol. The van der Waals surface area contributed by atoms with Gasteiger partial charge in [-0.25, -0.2) is 19.3 Å². The second-order valence-corrected chi connectivity index (χ2v) is 11.6. The first-order chi connectivity index (χ1) is 16.3. The maximum Gasteiger partial charge on any atom is 0.180 e. The number of pyridine rings is 1. The lowest BCUT2D eigenvalue weighted by atomic mass is 9.97. The fourth-order valence-corrected chi connectivity index (χ4v) is 5.27. The van der Waals surface area contributed by atoms with Gasteiger partial charge in [-0.05, 0) is 42.7 Å². The van der Waals surface area contributed by atoms with E-state index in [1.54, 1.807) is 24.9 Å². The van der Waals surface area contributed by atoms with Crippen molar-refractivity contribution < 1.29 is 8.95 Å². The van der Waals surface area contributed by atoms with E-state index in [0.29, 0.717) is 24.0 Å². The first-order valence-corrected chi connectivity index (χ1v) is 13.6. The summed E-state index contributed by atoms with van der Waals surface area (Å²) < 4.78 is 24.8. The maximum absolute atomic E-state index is 12.3. The Labute approximate surface area is 199 Å². The summed E-state index contributed by atoms with van der Waals surface area (Å²) in [5.41, 5.74) is 1.57. The maximum atomic E-state index is 12.3. The Hall–Kier alpha value is -3.46. The van der Waals surface area contributed by atoms with Crippen LogP contribution in [0.4, 0.5) is 5.82 Å². The minimum absolute atomic E-state index is 0.0261. The SMILES string of the molecule is C[C@@H]1C[C@H](N=S(C)(C)=O)CN(c2ccnc(-c3cnc4ccc(Oc5ccccc5)cn34)n2)C1. The summed E-state index contributed by atoms with van der Waals surface area (Å²) in [7, 11) is -2.16. The Morgan fingerprint density at radius 3 is 2.65 bits per heavy atom. The van der Waals surface area contributed by atoms with Gasteiger partial charge in [-0.15, -0.1) is 0 Å². The van der Waals surface area contributed by atoms with E-state index in [9.17, 15) is 4.21 Å². The van der Waals surface area contributed by atoms with Crippen LogP contribution < -0.4 is 9.64 Å². The summed E-state index contributed by atoms with van der Waals surface area (Å²) in [4.78, 5) is 16.1. The molecule has 34 heavy (non-hydrogen) atoms. The minimum Gasteiger partial charge on any atom is -0.456 e. The monoisotopic (exact) mass is 476 g/mol. The lowest BCUT2D eigenvalue weighted by Crippen LogP contribution is -2.42. The fourth-order valence-electron chi connectivity index (χ4n) is 4.40. The van der Waals surface area contributed by atoms with Crippen LogP contribution in [0, 0.1) is 5.92 Å². The fraction of sp³-hybridized carbons (Fsp3) is 0.320. The zero-order valence-corrected chi connectivity index (χ0v) is 20.4. The highest BCUT2D eigenvalue weighted by atomic mass is 32.2. The lowest BCUT2D eigenvalue weighted by Gasteiger charge is -2.35. The molecule has 0 N–H and O–H groups in total. The number of hydrogen-bond acceptors (Lipinski definition) is 7. The van der Waals surface area contributed by atoms with Crippen LogP contribution in [0.5, 0.6) is 11.5 Å². The molecule has 1 saturated heterocycles. The molecule has 176 valence electrons. The van der Waals surface area contributed by atoms with Crippen LogP contribution in [0.3, 0.4) is 0 Å². The molecule has 5 rings (SSSR count). The molecule has 2 atom stereocenters. The third-order valence-corrected chi connectivity index (χ3v) is 6.50. The molecule has 1 aliphatic rings. The molecule has 0 spiro atoms. The van der Waals surface area contributed by atoms with Gasteiger partial charge in [0, 0.05) is 41.5 Å². The smallest absolute Gasteiger partial charge is 0.180 e. The van der Waals surface area contributed by atoms with Crippen LogP contribution in [-0.4, -0.2) is 55.2 Å². The number of ether oxygens (including phenoxy) is 1. The number of nitrogens with zero attached hydrogens (tertiary/aromatic N) is 6. The van der Waals surface area contributed by atoms with Gasteiger partial charge in [0.15, 0.2) is 5.82 Å². The zero-order chi connectivity index (χ0) is 23.7. The third-order valence-electron chi connectivity index (χ3n) is 5.69. The van der Waals surface area contributed by atoms with Crippen molar-refractivity contribution in [2.24, 2.45) is 10.3 Å². The van der Waals surface area contributed by atoms with Crippen LogP contribution in [0.25, 0.3) is 17.2 Å². The number of imidazole rings is 1. The van der Waals surface area contributed by atoms with Gasteiger partial charge < -0.3 is 9.64 Å². The molecule has 9 heteroatoms. The number of fused-ring (bicyclic) bond motifs is 1. The number of hydrogen-bond donors (Lipinski definition) is 0. The molecule has 0 unspecified atom stereocenters. The normalized spacial score (nSPS) is 18.7. The van der Waals surface area contributed by atoms with E-state index >= 15 is 0 Å².